The maximum Gasteiger partial charge on any atom is 0.407 e. The van der Waals surface area contributed by atoms with Crippen molar-refractivity contribution in [3.8, 4) is 5.75 Å². The number of aryl methyl sites for hydroxylation is 1. The van der Waals surface area contributed by atoms with Crippen LogP contribution in [0.2, 0.25) is 0 Å². The van der Waals surface area contributed by atoms with Gasteiger partial charge >= 0.3 is 12.1 Å². The number of esters is 1. The van der Waals surface area contributed by atoms with Gasteiger partial charge in [0.25, 0.3) is 0 Å². The lowest BCUT2D eigenvalue weighted by atomic mass is 9.83. The lowest BCUT2D eigenvalue weighted by molar-refractivity contribution is 0.0491. The molecule has 6 heteroatoms. The number of benzene rings is 2. The van der Waals surface area contributed by atoms with E-state index in [4.69, 9.17) is 14.2 Å². The van der Waals surface area contributed by atoms with Crippen LogP contribution >= 0.6 is 0 Å². The zero-order valence-electron chi connectivity index (χ0n) is 18.2. The number of carbonyl (C=O) groups excluding carboxylic acids is 2. The molecule has 0 saturated carbocycles. The second-order valence-corrected chi connectivity index (χ2v) is 8.57. The van der Waals surface area contributed by atoms with Crippen molar-refractivity contribution in [1.82, 2.24) is 5.32 Å². The highest BCUT2D eigenvalue weighted by atomic mass is 16.6. The Balaban J connectivity index is 1.85. The maximum atomic E-state index is 12.1. The van der Waals surface area contributed by atoms with Gasteiger partial charge in [0.1, 0.15) is 17.5 Å². The van der Waals surface area contributed by atoms with Gasteiger partial charge in [-0.1, -0.05) is 24.3 Å². The summed E-state index contributed by atoms with van der Waals surface area (Å²) < 4.78 is 16.4. The largest absolute Gasteiger partial charge is 0.488 e. The summed E-state index contributed by atoms with van der Waals surface area (Å²) in [5.41, 5.74) is 3.04. The molecule has 1 aliphatic heterocycles. The molecule has 2 unspecified atom stereocenters. The van der Waals surface area contributed by atoms with Crippen molar-refractivity contribution < 1.29 is 23.8 Å². The third-order valence-electron chi connectivity index (χ3n) is 4.88. The minimum atomic E-state index is -0.557. The van der Waals surface area contributed by atoms with Gasteiger partial charge in [0, 0.05) is 11.5 Å². The first kappa shape index (κ1) is 21.7. The van der Waals surface area contributed by atoms with Crippen LogP contribution in [0, 0.1) is 6.92 Å². The Labute approximate surface area is 177 Å². The average Bonchev–Trinajstić information content (AvgIpc) is 2.69. The summed E-state index contributed by atoms with van der Waals surface area (Å²) in [6, 6.07) is 13.7. The number of fused-ring (bicyclic) bond motifs is 1. The fourth-order valence-corrected chi connectivity index (χ4v) is 3.69. The Morgan fingerprint density at radius 2 is 1.90 bits per heavy atom. The Bertz CT molecular complexity index is 931. The quantitative estimate of drug-likeness (QED) is 0.745. The molecule has 1 N–H and O–H groups in total. The van der Waals surface area contributed by atoms with E-state index >= 15 is 0 Å². The summed E-state index contributed by atoms with van der Waals surface area (Å²) in [5, 5.41) is 2.80. The molecule has 0 aliphatic carbocycles. The van der Waals surface area contributed by atoms with E-state index in [-0.39, 0.29) is 18.0 Å². The van der Waals surface area contributed by atoms with Gasteiger partial charge in [-0.2, -0.15) is 0 Å². The van der Waals surface area contributed by atoms with Crippen LogP contribution in [-0.4, -0.2) is 37.4 Å². The molecule has 2 aromatic rings. The average molecular weight is 411 g/mol. The number of hydrogen-bond acceptors (Lipinski definition) is 5. The van der Waals surface area contributed by atoms with Gasteiger partial charge in [0.15, 0.2) is 0 Å². The number of alkyl carbamates (subject to hydrolysis) is 1. The molecule has 0 saturated heterocycles. The van der Waals surface area contributed by atoms with Crippen molar-refractivity contribution >= 4 is 12.1 Å². The second kappa shape index (κ2) is 8.78. The summed E-state index contributed by atoms with van der Waals surface area (Å²) in [6.07, 6.45) is -0.0267. The lowest BCUT2D eigenvalue weighted by Gasteiger charge is -2.33. The van der Waals surface area contributed by atoms with Crippen LogP contribution in [0.5, 0.6) is 5.75 Å². The number of methoxy groups -OCH3 is 1. The molecule has 0 fully saturated rings. The van der Waals surface area contributed by atoms with E-state index < -0.39 is 11.7 Å². The minimum absolute atomic E-state index is 0.0312. The highest BCUT2D eigenvalue weighted by molar-refractivity contribution is 5.89. The first-order chi connectivity index (χ1) is 14.2. The predicted molar refractivity (Wildman–Crippen MR) is 114 cm³/mol. The fourth-order valence-electron chi connectivity index (χ4n) is 3.69. The van der Waals surface area contributed by atoms with Crippen LogP contribution in [0.4, 0.5) is 4.79 Å². The monoisotopic (exact) mass is 411 g/mol. The fraction of sp³-hybridized carbons (Fsp3) is 0.417. The van der Waals surface area contributed by atoms with Crippen LogP contribution in [0.3, 0.4) is 0 Å². The summed E-state index contributed by atoms with van der Waals surface area (Å²) in [5.74, 6) is 0.456. The molecule has 0 radical (unpaired) electrons. The number of carbonyl (C=O) groups is 2. The Kier molecular flexibility index (Phi) is 6.34. The zero-order chi connectivity index (χ0) is 21.9. The van der Waals surface area contributed by atoms with Crippen molar-refractivity contribution in [3.05, 3.63) is 64.7 Å². The van der Waals surface area contributed by atoms with Crippen molar-refractivity contribution in [3.63, 3.8) is 0 Å². The number of ether oxygens (including phenoxy) is 3. The van der Waals surface area contributed by atoms with E-state index in [1.807, 2.05) is 64.1 Å². The van der Waals surface area contributed by atoms with Gasteiger partial charge in [0.05, 0.1) is 19.2 Å². The lowest BCUT2D eigenvalue weighted by Crippen LogP contribution is -2.40. The second-order valence-electron chi connectivity index (χ2n) is 8.57. The highest BCUT2D eigenvalue weighted by Crippen LogP contribution is 2.40. The summed E-state index contributed by atoms with van der Waals surface area (Å²) in [4.78, 5) is 24.1. The van der Waals surface area contributed by atoms with Crippen LogP contribution in [-0.2, 0) is 9.47 Å². The third kappa shape index (κ3) is 5.32. The molecule has 160 valence electrons. The topological polar surface area (TPSA) is 73.9 Å². The van der Waals surface area contributed by atoms with E-state index in [9.17, 15) is 9.59 Å². The van der Waals surface area contributed by atoms with Gasteiger partial charge in [-0.3, -0.25) is 0 Å². The van der Waals surface area contributed by atoms with Crippen LogP contribution in [0.25, 0.3) is 0 Å². The molecule has 1 heterocycles. The normalized spacial score (nSPS) is 18.0. The Morgan fingerprint density at radius 1 is 1.17 bits per heavy atom. The SMILES string of the molecule is COC(=O)c1cc(C)cc(C2CC(CNC(=O)OC(C)(C)C)Oc3ccccc32)c1. The molecule has 0 aromatic heterocycles. The van der Waals surface area contributed by atoms with Gasteiger partial charge in [-0.05, 0) is 63.4 Å². The van der Waals surface area contributed by atoms with E-state index in [0.717, 1.165) is 22.4 Å². The molecule has 6 nitrogen and oxygen atoms in total. The summed E-state index contributed by atoms with van der Waals surface area (Å²) >= 11 is 0. The van der Waals surface area contributed by atoms with Crippen molar-refractivity contribution in [1.29, 1.82) is 0 Å². The molecular formula is C24H29NO5. The Hall–Kier alpha value is -3.02. The number of nitrogens with one attached hydrogen (secondary N) is 1. The summed E-state index contributed by atoms with van der Waals surface area (Å²) in [7, 11) is 1.38. The van der Waals surface area contributed by atoms with E-state index in [1.165, 1.54) is 7.11 Å². The number of para-hydroxylation sites is 1. The molecule has 30 heavy (non-hydrogen) atoms. The van der Waals surface area contributed by atoms with E-state index in [2.05, 4.69) is 11.4 Å². The molecule has 2 atom stereocenters. The maximum absolute atomic E-state index is 12.1. The predicted octanol–water partition coefficient (Wildman–Crippen LogP) is 4.59. The van der Waals surface area contributed by atoms with Crippen LogP contribution in [0.15, 0.2) is 42.5 Å². The van der Waals surface area contributed by atoms with Crippen molar-refractivity contribution in [2.45, 2.75) is 51.7 Å². The van der Waals surface area contributed by atoms with Crippen molar-refractivity contribution in [2.24, 2.45) is 0 Å². The molecule has 2 aromatic carbocycles. The standard InChI is InChI=1S/C24H29NO5/c1-15-10-16(12-17(11-15)22(26)28-5)20-13-18(14-25-23(27)30-24(2,3)4)29-21-9-7-6-8-19(20)21/h6-12,18,20H,13-14H2,1-5H3,(H,25,27). The highest BCUT2D eigenvalue weighted by Gasteiger charge is 2.30. The molecule has 3 rings (SSSR count). The number of hydrogen-bond donors (Lipinski definition) is 1. The smallest absolute Gasteiger partial charge is 0.407 e. The molecule has 0 spiro atoms. The Morgan fingerprint density at radius 3 is 2.60 bits per heavy atom. The molecular weight excluding hydrogens is 382 g/mol. The van der Waals surface area contributed by atoms with E-state index in [0.29, 0.717) is 18.5 Å². The molecule has 1 aliphatic rings. The van der Waals surface area contributed by atoms with Gasteiger partial charge < -0.3 is 19.5 Å². The number of amides is 1. The first-order valence-corrected chi connectivity index (χ1v) is 10.1. The van der Waals surface area contributed by atoms with Crippen molar-refractivity contribution in [2.75, 3.05) is 13.7 Å². The third-order valence-corrected chi connectivity index (χ3v) is 4.88. The molecule has 1 amide bonds. The zero-order valence-corrected chi connectivity index (χ0v) is 18.2. The minimum Gasteiger partial charge on any atom is -0.488 e. The summed E-state index contributed by atoms with van der Waals surface area (Å²) in [6.45, 7) is 7.77. The van der Waals surface area contributed by atoms with Gasteiger partial charge in [0.2, 0.25) is 0 Å². The number of rotatable bonds is 4. The first-order valence-electron chi connectivity index (χ1n) is 10.1. The van der Waals surface area contributed by atoms with Gasteiger partial charge in [-0.15, -0.1) is 0 Å². The van der Waals surface area contributed by atoms with Gasteiger partial charge in [-0.25, -0.2) is 9.59 Å². The molecule has 0 bridgehead atoms. The van der Waals surface area contributed by atoms with Crippen LogP contribution < -0.4 is 10.1 Å². The van der Waals surface area contributed by atoms with Crippen LogP contribution in [0.1, 0.15) is 60.2 Å². The van der Waals surface area contributed by atoms with E-state index in [1.54, 1.807) is 0 Å².